The molecule has 0 spiro atoms. The number of aryl methyl sites for hydroxylation is 1. The number of hydrogen-bond acceptors (Lipinski definition) is 4. The van der Waals surface area contributed by atoms with Crippen molar-refractivity contribution in [3.05, 3.63) is 65.2 Å². The van der Waals surface area contributed by atoms with Crippen molar-refractivity contribution in [3.63, 3.8) is 0 Å². The first-order valence-corrected chi connectivity index (χ1v) is 8.97. The number of nitrogens with one attached hydrogen (secondary N) is 2. The van der Waals surface area contributed by atoms with Gasteiger partial charge in [0.15, 0.2) is 0 Å². The molecule has 2 N–H and O–H groups in total. The minimum absolute atomic E-state index is 0.0321. The van der Waals surface area contributed by atoms with Crippen molar-refractivity contribution in [1.29, 1.82) is 5.26 Å². The fourth-order valence-electron chi connectivity index (χ4n) is 2.04. The topological polar surface area (TPSA) is 64.9 Å². The second kappa shape index (κ2) is 9.64. The van der Waals surface area contributed by atoms with Crippen molar-refractivity contribution >= 4 is 23.4 Å². The minimum Gasteiger partial charge on any atom is -0.376 e. The van der Waals surface area contributed by atoms with Crippen molar-refractivity contribution in [3.8, 4) is 6.07 Å². The number of nitriles is 1. The van der Waals surface area contributed by atoms with Crippen LogP contribution in [0, 0.1) is 18.3 Å². The van der Waals surface area contributed by atoms with Gasteiger partial charge in [0.05, 0.1) is 18.2 Å². The number of benzene rings is 2. The maximum atomic E-state index is 11.8. The number of carbonyl (C=O) groups excluding carboxylic acids is 1. The van der Waals surface area contributed by atoms with E-state index in [-0.39, 0.29) is 12.5 Å². The van der Waals surface area contributed by atoms with E-state index < -0.39 is 0 Å². The molecule has 4 nitrogen and oxygen atoms in total. The summed E-state index contributed by atoms with van der Waals surface area (Å²) in [6.45, 7) is 2.97. The molecular formula is C19H21N3OS. The maximum absolute atomic E-state index is 11.8. The van der Waals surface area contributed by atoms with E-state index in [2.05, 4.69) is 47.9 Å². The van der Waals surface area contributed by atoms with E-state index in [0.717, 1.165) is 17.2 Å². The predicted molar refractivity (Wildman–Crippen MR) is 100.0 cm³/mol. The van der Waals surface area contributed by atoms with Crippen LogP contribution in [-0.4, -0.2) is 24.7 Å². The molecule has 24 heavy (non-hydrogen) atoms. The Balaban J connectivity index is 1.57. The first-order valence-electron chi connectivity index (χ1n) is 7.81. The molecule has 124 valence electrons. The summed E-state index contributed by atoms with van der Waals surface area (Å²) in [5.74, 6) is 1.81. The highest BCUT2D eigenvalue weighted by Crippen LogP contribution is 2.12. The van der Waals surface area contributed by atoms with Gasteiger partial charge in [0.1, 0.15) is 0 Å². The zero-order valence-electron chi connectivity index (χ0n) is 13.7. The Labute approximate surface area is 147 Å². The minimum atomic E-state index is -0.0321. The van der Waals surface area contributed by atoms with Crippen molar-refractivity contribution in [2.75, 3.05) is 24.2 Å². The van der Waals surface area contributed by atoms with Gasteiger partial charge in [0, 0.05) is 23.7 Å². The van der Waals surface area contributed by atoms with Crippen LogP contribution in [-0.2, 0) is 10.5 Å². The van der Waals surface area contributed by atoms with Gasteiger partial charge >= 0.3 is 0 Å². The number of thioether (sulfide) groups is 1. The average Bonchev–Trinajstić information content (AvgIpc) is 2.61. The maximum Gasteiger partial charge on any atom is 0.239 e. The summed E-state index contributed by atoms with van der Waals surface area (Å²) >= 11 is 1.81. The van der Waals surface area contributed by atoms with Gasteiger partial charge in [-0.2, -0.15) is 17.0 Å². The molecule has 2 rings (SSSR count). The molecule has 0 aliphatic rings. The second-order valence-electron chi connectivity index (χ2n) is 5.43. The molecule has 0 unspecified atom stereocenters. The molecule has 0 fully saturated rings. The van der Waals surface area contributed by atoms with Gasteiger partial charge in [0.2, 0.25) is 5.91 Å². The quantitative estimate of drug-likeness (QED) is 0.724. The Bertz CT molecular complexity index is 690. The van der Waals surface area contributed by atoms with Crippen LogP contribution in [0.25, 0.3) is 0 Å². The molecule has 2 aromatic rings. The molecule has 0 aliphatic carbocycles. The van der Waals surface area contributed by atoms with E-state index in [1.165, 1.54) is 11.1 Å². The first kappa shape index (κ1) is 17.9. The summed E-state index contributed by atoms with van der Waals surface area (Å²) in [6.07, 6.45) is 0. The van der Waals surface area contributed by atoms with Crippen molar-refractivity contribution in [1.82, 2.24) is 5.32 Å². The Kier molecular flexibility index (Phi) is 7.19. The van der Waals surface area contributed by atoms with Crippen molar-refractivity contribution < 1.29 is 4.79 Å². The largest absolute Gasteiger partial charge is 0.376 e. The highest BCUT2D eigenvalue weighted by molar-refractivity contribution is 7.98. The fraction of sp³-hybridized carbons (Fsp3) is 0.263. The summed E-state index contributed by atoms with van der Waals surface area (Å²) < 4.78 is 0. The lowest BCUT2D eigenvalue weighted by atomic mass is 10.2. The first-order chi connectivity index (χ1) is 11.7. The zero-order valence-corrected chi connectivity index (χ0v) is 14.5. The monoisotopic (exact) mass is 339 g/mol. The molecule has 1 amide bonds. The molecule has 0 saturated carbocycles. The van der Waals surface area contributed by atoms with Gasteiger partial charge in [-0.15, -0.1) is 0 Å². The molecule has 0 aliphatic heterocycles. The van der Waals surface area contributed by atoms with E-state index >= 15 is 0 Å². The summed E-state index contributed by atoms with van der Waals surface area (Å²) in [5, 5.41) is 14.7. The lowest BCUT2D eigenvalue weighted by Gasteiger charge is -2.08. The number of hydrogen-bond donors (Lipinski definition) is 2. The molecular weight excluding hydrogens is 318 g/mol. The molecule has 0 atom stereocenters. The Morgan fingerprint density at radius 2 is 1.83 bits per heavy atom. The van der Waals surface area contributed by atoms with Crippen LogP contribution in [0.2, 0.25) is 0 Å². The fourth-order valence-corrected chi connectivity index (χ4v) is 2.86. The van der Waals surface area contributed by atoms with Gasteiger partial charge in [-0.05, 0) is 36.8 Å². The average molecular weight is 339 g/mol. The number of carbonyl (C=O) groups is 1. The van der Waals surface area contributed by atoms with Crippen LogP contribution >= 0.6 is 11.8 Å². The van der Waals surface area contributed by atoms with E-state index in [1.807, 2.05) is 11.8 Å². The SMILES string of the molecule is Cc1ccc(CSCCNC(=O)CNc2ccc(C#N)cc2)cc1. The molecule has 2 aromatic carbocycles. The molecule has 0 aromatic heterocycles. The van der Waals surface area contributed by atoms with E-state index in [0.29, 0.717) is 12.1 Å². The van der Waals surface area contributed by atoms with E-state index in [4.69, 9.17) is 5.26 Å². The molecule has 0 radical (unpaired) electrons. The number of anilines is 1. The van der Waals surface area contributed by atoms with Gasteiger partial charge in [-0.1, -0.05) is 29.8 Å². The lowest BCUT2D eigenvalue weighted by Crippen LogP contribution is -2.31. The van der Waals surface area contributed by atoms with Crippen LogP contribution in [0.1, 0.15) is 16.7 Å². The number of amides is 1. The lowest BCUT2D eigenvalue weighted by molar-refractivity contribution is -0.119. The second-order valence-corrected chi connectivity index (χ2v) is 6.54. The standard InChI is InChI=1S/C19H21N3OS/c1-15-2-4-17(5-3-15)14-24-11-10-21-19(23)13-22-18-8-6-16(12-20)7-9-18/h2-9,22H,10-11,13-14H2,1H3,(H,21,23). The van der Waals surface area contributed by atoms with Gasteiger partial charge in [0.25, 0.3) is 0 Å². The molecule has 0 bridgehead atoms. The van der Waals surface area contributed by atoms with E-state index in [1.54, 1.807) is 24.3 Å². The van der Waals surface area contributed by atoms with Crippen molar-refractivity contribution in [2.45, 2.75) is 12.7 Å². The van der Waals surface area contributed by atoms with Gasteiger partial charge < -0.3 is 10.6 Å². The number of rotatable bonds is 8. The Morgan fingerprint density at radius 1 is 1.12 bits per heavy atom. The third-order valence-corrected chi connectivity index (χ3v) is 4.46. The smallest absolute Gasteiger partial charge is 0.239 e. The summed E-state index contributed by atoms with van der Waals surface area (Å²) in [4.78, 5) is 11.8. The van der Waals surface area contributed by atoms with E-state index in [9.17, 15) is 4.79 Å². The Morgan fingerprint density at radius 3 is 2.50 bits per heavy atom. The Hall–Kier alpha value is -2.45. The molecule has 0 saturated heterocycles. The summed E-state index contributed by atoms with van der Waals surface area (Å²) in [6, 6.07) is 17.6. The highest BCUT2D eigenvalue weighted by atomic mass is 32.2. The zero-order chi connectivity index (χ0) is 17.2. The van der Waals surface area contributed by atoms with Gasteiger partial charge in [-0.25, -0.2) is 0 Å². The summed E-state index contributed by atoms with van der Waals surface area (Å²) in [7, 11) is 0. The third-order valence-electron chi connectivity index (χ3n) is 3.42. The highest BCUT2D eigenvalue weighted by Gasteiger charge is 2.01. The van der Waals surface area contributed by atoms with Crippen molar-refractivity contribution in [2.24, 2.45) is 0 Å². The third kappa shape index (κ3) is 6.35. The van der Waals surface area contributed by atoms with Crippen LogP contribution in [0.5, 0.6) is 0 Å². The van der Waals surface area contributed by atoms with Crippen LogP contribution in [0.15, 0.2) is 48.5 Å². The predicted octanol–water partition coefficient (Wildman–Crippen LogP) is 3.33. The van der Waals surface area contributed by atoms with Gasteiger partial charge in [-0.3, -0.25) is 4.79 Å². The van der Waals surface area contributed by atoms with Crippen LogP contribution in [0.4, 0.5) is 5.69 Å². The molecule has 5 heteroatoms. The normalized spacial score (nSPS) is 10.0. The number of nitrogens with zero attached hydrogens (tertiary/aromatic N) is 1. The summed E-state index contributed by atoms with van der Waals surface area (Å²) in [5.41, 5.74) is 4.01. The van der Waals surface area contributed by atoms with Crippen LogP contribution in [0.3, 0.4) is 0 Å². The van der Waals surface area contributed by atoms with Crippen LogP contribution < -0.4 is 10.6 Å². The molecule has 0 heterocycles.